The lowest BCUT2D eigenvalue weighted by Crippen LogP contribution is -2.38. The molecule has 4 aromatic rings. The lowest BCUT2D eigenvalue weighted by molar-refractivity contribution is 0.102. The Bertz CT molecular complexity index is 1310. The van der Waals surface area contributed by atoms with Crippen LogP contribution in [0.3, 0.4) is 0 Å². The van der Waals surface area contributed by atoms with Crippen molar-refractivity contribution in [2.24, 2.45) is 0 Å². The molecular formula is C26H21N3O3. The van der Waals surface area contributed by atoms with Gasteiger partial charge in [0, 0.05) is 24.7 Å². The number of aromatic nitrogens is 1. The van der Waals surface area contributed by atoms with Crippen molar-refractivity contribution in [3.8, 4) is 5.75 Å². The van der Waals surface area contributed by atoms with Gasteiger partial charge >= 0.3 is 6.09 Å². The molecule has 0 spiro atoms. The number of hydrogen-bond acceptors (Lipinski definition) is 4. The first-order valence-corrected chi connectivity index (χ1v) is 10.5. The third kappa shape index (κ3) is 3.90. The molecule has 0 atom stereocenters. The van der Waals surface area contributed by atoms with Gasteiger partial charge in [-0.15, -0.1) is 0 Å². The molecule has 6 heteroatoms. The van der Waals surface area contributed by atoms with Gasteiger partial charge in [0.25, 0.3) is 5.91 Å². The molecular weight excluding hydrogens is 402 g/mol. The molecule has 0 saturated carbocycles. The number of fused-ring (bicyclic) bond motifs is 2. The zero-order valence-corrected chi connectivity index (χ0v) is 17.3. The highest BCUT2D eigenvalue weighted by Crippen LogP contribution is 2.25. The maximum atomic E-state index is 13.1. The van der Waals surface area contributed by atoms with E-state index < -0.39 is 6.09 Å². The Morgan fingerprint density at radius 3 is 2.56 bits per heavy atom. The Labute approximate surface area is 185 Å². The van der Waals surface area contributed by atoms with Crippen LogP contribution in [-0.4, -0.2) is 28.4 Å². The summed E-state index contributed by atoms with van der Waals surface area (Å²) in [5.41, 5.74) is 3.95. The molecule has 2 amide bonds. The number of nitrogens with zero attached hydrogens (tertiary/aromatic N) is 2. The first-order chi connectivity index (χ1) is 15.7. The highest BCUT2D eigenvalue weighted by Gasteiger charge is 2.24. The van der Waals surface area contributed by atoms with E-state index in [4.69, 9.17) is 4.74 Å². The summed E-state index contributed by atoms with van der Waals surface area (Å²) in [4.78, 5) is 31.9. The number of benzene rings is 3. The van der Waals surface area contributed by atoms with Crippen LogP contribution in [0, 0.1) is 0 Å². The molecule has 0 fully saturated rings. The van der Waals surface area contributed by atoms with Gasteiger partial charge in [-0.2, -0.15) is 0 Å². The predicted molar refractivity (Wildman–Crippen MR) is 123 cm³/mol. The molecule has 1 aliphatic rings. The minimum Gasteiger partial charge on any atom is -0.409 e. The second-order valence-electron chi connectivity index (χ2n) is 7.64. The second kappa shape index (κ2) is 8.51. The van der Waals surface area contributed by atoms with E-state index >= 15 is 0 Å². The maximum Gasteiger partial charge on any atom is 0.415 e. The van der Waals surface area contributed by atoms with Gasteiger partial charge in [-0.3, -0.25) is 9.78 Å². The largest absolute Gasteiger partial charge is 0.415 e. The molecule has 0 bridgehead atoms. The van der Waals surface area contributed by atoms with Crippen molar-refractivity contribution in [2.75, 3.05) is 11.9 Å². The summed E-state index contributed by atoms with van der Waals surface area (Å²) in [7, 11) is 0. The Hall–Kier alpha value is -4.19. The van der Waals surface area contributed by atoms with E-state index in [1.165, 1.54) is 5.56 Å². The normalized spacial score (nSPS) is 12.8. The smallest absolute Gasteiger partial charge is 0.409 e. The predicted octanol–water partition coefficient (Wildman–Crippen LogP) is 5.04. The fraction of sp³-hybridized carbons (Fsp3) is 0.115. The number of carbonyl (C=O) groups is 2. The molecule has 2 heterocycles. The average Bonchev–Trinajstić information content (AvgIpc) is 2.84. The number of hydrogen-bond donors (Lipinski definition) is 1. The molecule has 1 aliphatic heterocycles. The van der Waals surface area contributed by atoms with Crippen LogP contribution in [0.4, 0.5) is 10.5 Å². The minimum absolute atomic E-state index is 0.224. The van der Waals surface area contributed by atoms with Crippen LogP contribution in [0.5, 0.6) is 5.75 Å². The van der Waals surface area contributed by atoms with E-state index in [2.05, 4.69) is 16.4 Å². The van der Waals surface area contributed by atoms with E-state index in [0.717, 1.165) is 17.4 Å². The van der Waals surface area contributed by atoms with Crippen LogP contribution in [0.2, 0.25) is 0 Å². The fourth-order valence-electron chi connectivity index (χ4n) is 3.95. The van der Waals surface area contributed by atoms with Crippen LogP contribution in [0.15, 0.2) is 85.1 Å². The van der Waals surface area contributed by atoms with Gasteiger partial charge in [0.05, 0.1) is 16.8 Å². The monoisotopic (exact) mass is 423 g/mol. The Morgan fingerprint density at radius 1 is 0.875 bits per heavy atom. The highest BCUT2D eigenvalue weighted by molar-refractivity contribution is 6.09. The van der Waals surface area contributed by atoms with Crippen LogP contribution < -0.4 is 10.1 Å². The van der Waals surface area contributed by atoms with Gasteiger partial charge in [0.15, 0.2) is 0 Å². The molecule has 0 aliphatic carbocycles. The fourth-order valence-corrected chi connectivity index (χ4v) is 3.95. The lowest BCUT2D eigenvalue weighted by atomic mass is 10.0. The van der Waals surface area contributed by atoms with E-state index in [1.54, 1.807) is 41.4 Å². The van der Waals surface area contributed by atoms with Crippen LogP contribution in [-0.2, 0) is 13.0 Å². The third-order valence-corrected chi connectivity index (χ3v) is 5.60. The van der Waals surface area contributed by atoms with Crippen molar-refractivity contribution in [1.82, 2.24) is 9.88 Å². The van der Waals surface area contributed by atoms with E-state index in [-0.39, 0.29) is 17.2 Å². The summed E-state index contributed by atoms with van der Waals surface area (Å²) >= 11 is 0. The summed E-state index contributed by atoms with van der Waals surface area (Å²) in [6.45, 7) is 1.07. The van der Waals surface area contributed by atoms with Crippen molar-refractivity contribution in [2.45, 2.75) is 13.0 Å². The first kappa shape index (κ1) is 19.8. The molecule has 1 N–H and O–H groups in total. The van der Waals surface area contributed by atoms with Gasteiger partial charge in [-0.1, -0.05) is 54.6 Å². The molecule has 0 radical (unpaired) electrons. The first-order valence-electron chi connectivity index (χ1n) is 10.5. The Balaban J connectivity index is 1.35. The number of carbonyl (C=O) groups excluding carboxylic acids is 2. The van der Waals surface area contributed by atoms with Crippen molar-refractivity contribution < 1.29 is 14.3 Å². The van der Waals surface area contributed by atoms with Gasteiger partial charge in [0.1, 0.15) is 5.75 Å². The Morgan fingerprint density at radius 2 is 1.66 bits per heavy atom. The van der Waals surface area contributed by atoms with Gasteiger partial charge < -0.3 is 15.0 Å². The number of rotatable bonds is 3. The molecule has 3 aromatic carbocycles. The summed E-state index contributed by atoms with van der Waals surface area (Å²) in [6.07, 6.45) is 2.00. The van der Waals surface area contributed by atoms with Crippen molar-refractivity contribution in [3.05, 3.63) is 102 Å². The van der Waals surface area contributed by atoms with Gasteiger partial charge in [-0.25, -0.2) is 4.79 Å². The van der Waals surface area contributed by atoms with Gasteiger partial charge in [0.2, 0.25) is 0 Å². The third-order valence-electron chi connectivity index (χ3n) is 5.60. The number of pyridine rings is 1. The minimum atomic E-state index is -0.466. The molecule has 32 heavy (non-hydrogen) atoms. The van der Waals surface area contributed by atoms with Crippen molar-refractivity contribution in [1.29, 1.82) is 0 Å². The quantitative estimate of drug-likeness (QED) is 0.501. The molecule has 0 unspecified atom stereocenters. The van der Waals surface area contributed by atoms with E-state index in [1.807, 2.05) is 42.5 Å². The van der Waals surface area contributed by atoms with Crippen molar-refractivity contribution >= 4 is 28.6 Å². The van der Waals surface area contributed by atoms with E-state index in [0.29, 0.717) is 24.3 Å². The molecule has 5 rings (SSSR count). The zero-order valence-electron chi connectivity index (χ0n) is 17.3. The lowest BCUT2D eigenvalue weighted by Gasteiger charge is -2.28. The summed E-state index contributed by atoms with van der Waals surface area (Å²) in [5, 5.41) is 3.83. The number of para-hydroxylation sites is 2. The number of ether oxygens (including phenoxy) is 1. The van der Waals surface area contributed by atoms with Crippen molar-refractivity contribution in [3.63, 3.8) is 0 Å². The standard InChI is InChI=1S/C26H21N3O3/c30-25(28-22-12-5-9-19-10-6-15-27-24(19)22)21-11-3-4-13-23(21)32-26(31)29-16-14-18-7-1-2-8-20(18)17-29/h1-13,15H,14,16-17H2,(H,28,30). The maximum absolute atomic E-state index is 13.1. The summed E-state index contributed by atoms with van der Waals surface area (Å²) in [5.74, 6) is -0.141. The molecule has 158 valence electrons. The average molecular weight is 423 g/mol. The number of anilines is 1. The Kier molecular flexibility index (Phi) is 5.25. The van der Waals surface area contributed by atoms with Crippen LogP contribution in [0.25, 0.3) is 10.9 Å². The van der Waals surface area contributed by atoms with E-state index in [9.17, 15) is 9.59 Å². The topological polar surface area (TPSA) is 71.5 Å². The molecule has 6 nitrogen and oxygen atoms in total. The number of amides is 2. The highest BCUT2D eigenvalue weighted by atomic mass is 16.6. The molecule has 0 saturated heterocycles. The molecule has 1 aromatic heterocycles. The second-order valence-corrected chi connectivity index (χ2v) is 7.64. The summed E-state index contributed by atoms with van der Waals surface area (Å²) < 4.78 is 5.66. The van der Waals surface area contributed by atoms with Gasteiger partial charge in [-0.05, 0) is 41.8 Å². The zero-order chi connectivity index (χ0) is 21.9. The van der Waals surface area contributed by atoms with Crippen LogP contribution in [0.1, 0.15) is 21.5 Å². The van der Waals surface area contributed by atoms with Crippen LogP contribution >= 0.6 is 0 Å². The SMILES string of the molecule is O=C(Nc1cccc2cccnc12)c1ccccc1OC(=O)N1CCc2ccccc2C1. The summed E-state index contributed by atoms with van der Waals surface area (Å²) in [6, 6.07) is 24.2. The number of nitrogens with one attached hydrogen (secondary N) is 1.